The van der Waals surface area contributed by atoms with Crippen molar-refractivity contribution in [3.63, 3.8) is 0 Å². The van der Waals surface area contributed by atoms with Crippen molar-refractivity contribution in [2.75, 3.05) is 0 Å². The van der Waals surface area contributed by atoms with Crippen molar-refractivity contribution in [1.29, 1.82) is 0 Å². The van der Waals surface area contributed by atoms with Crippen LogP contribution in [0.25, 0.3) is 0 Å². The largest absolute Gasteiger partial charge is 0.488 e. The lowest BCUT2D eigenvalue weighted by atomic mass is 9.98. The van der Waals surface area contributed by atoms with Crippen LogP contribution in [0.5, 0.6) is 5.75 Å². The predicted molar refractivity (Wildman–Crippen MR) is 70.0 cm³/mol. The highest BCUT2D eigenvalue weighted by Gasteiger charge is 2.21. The minimum Gasteiger partial charge on any atom is -0.488 e. The van der Waals surface area contributed by atoms with E-state index in [1.165, 1.54) is 5.56 Å². The molecule has 0 radical (unpaired) electrons. The van der Waals surface area contributed by atoms with Gasteiger partial charge in [-0.05, 0) is 24.1 Å². The molecule has 0 saturated carbocycles. The Morgan fingerprint density at radius 2 is 1.94 bits per heavy atom. The molecule has 0 atom stereocenters. The molecule has 0 N–H and O–H groups in total. The summed E-state index contributed by atoms with van der Waals surface area (Å²) in [6.45, 7) is 2.55. The van der Waals surface area contributed by atoms with E-state index in [-0.39, 0.29) is 5.78 Å². The Labute approximate surface area is 106 Å². The molecule has 0 amide bonds. The first-order valence-electron chi connectivity index (χ1n) is 6.18. The molecule has 2 nitrogen and oxygen atoms in total. The molecule has 0 spiro atoms. The lowest BCUT2D eigenvalue weighted by molar-refractivity contribution is 0.103. The molecular weight excluding hydrogens is 224 g/mol. The van der Waals surface area contributed by atoms with Gasteiger partial charge in [-0.25, -0.2) is 0 Å². The normalized spacial score (nSPS) is 13.3. The van der Waals surface area contributed by atoms with Crippen LogP contribution in [-0.2, 0) is 13.0 Å². The van der Waals surface area contributed by atoms with E-state index in [9.17, 15) is 4.79 Å². The van der Waals surface area contributed by atoms with E-state index in [2.05, 4.69) is 6.92 Å². The molecule has 3 rings (SSSR count). The molecular formula is C16H14O2. The van der Waals surface area contributed by atoms with Gasteiger partial charge in [-0.1, -0.05) is 37.3 Å². The third-order valence-corrected chi connectivity index (χ3v) is 3.34. The molecule has 0 aromatic heterocycles. The minimum absolute atomic E-state index is 0.0563. The fourth-order valence-electron chi connectivity index (χ4n) is 2.26. The van der Waals surface area contributed by atoms with E-state index in [0.717, 1.165) is 17.5 Å². The average Bonchev–Trinajstić information content (AvgIpc) is 2.57. The number of aryl methyl sites for hydroxylation is 1. The van der Waals surface area contributed by atoms with Crippen LogP contribution in [0.3, 0.4) is 0 Å². The summed E-state index contributed by atoms with van der Waals surface area (Å²) in [4.78, 5) is 12.4. The number of carbonyl (C=O) groups is 1. The quantitative estimate of drug-likeness (QED) is 0.761. The summed E-state index contributed by atoms with van der Waals surface area (Å²) in [7, 11) is 0. The zero-order chi connectivity index (χ0) is 12.5. The molecule has 0 saturated heterocycles. The van der Waals surface area contributed by atoms with E-state index < -0.39 is 0 Å². The van der Waals surface area contributed by atoms with Gasteiger partial charge in [-0.15, -0.1) is 0 Å². The zero-order valence-electron chi connectivity index (χ0n) is 10.3. The van der Waals surface area contributed by atoms with Crippen molar-refractivity contribution in [3.8, 4) is 5.75 Å². The molecule has 0 bridgehead atoms. The van der Waals surface area contributed by atoms with Crippen molar-refractivity contribution >= 4 is 5.78 Å². The first-order valence-corrected chi connectivity index (χ1v) is 6.18. The topological polar surface area (TPSA) is 26.3 Å². The number of hydrogen-bond donors (Lipinski definition) is 0. The van der Waals surface area contributed by atoms with Gasteiger partial charge in [-0.2, -0.15) is 0 Å². The summed E-state index contributed by atoms with van der Waals surface area (Å²) in [6, 6.07) is 13.5. The smallest absolute Gasteiger partial charge is 0.197 e. The fraction of sp³-hybridized carbons (Fsp3) is 0.188. The monoisotopic (exact) mass is 238 g/mol. The fourth-order valence-corrected chi connectivity index (χ4v) is 2.26. The van der Waals surface area contributed by atoms with Crippen molar-refractivity contribution in [2.24, 2.45) is 0 Å². The maximum atomic E-state index is 12.4. The van der Waals surface area contributed by atoms with Gasteiger partial charge in [-0.3, -0.25) is 4.79 Å². The van der Waals surface area contributed by atoms with Crippen LogP contribution in [-0.4, -0.2) is 5.78 Å². The minimum atomic E-state index is 0.0563. The Morgan fingerprint density at radius 1 is 1.11 bits per heavy atom. The molecule has 2 aromatic rings. The Kier molecular flexibility index (Phi) is 2.63. The van der Waals surface area contributed by atoms with Gasteiger partial charge in [0.15, 0.2) is 5.78 Å². The Morgan fingerprint density at radius 3 is 2.78 bits per heavy atom. The van der Waals surface area contributed by atoms with E-state index >= 15 is 0 Å². The molecule has 0 aliphatic carbocycles. The highest BCUT2D eigenvalue weighted by molar-refractivity contribution is 6.12. The Hall–Kier alpha value is -2.09. The average molecular weight is 238 g/mol. The first-order chi connectivity index (χ1) is 8.79. The Balaban J connectivity index is 2.15. The second-order valence-electron chi connectivity index (χ2n) is 4.46. The molecule has 1 aliphatic rings. The highest BCUT2D eigenvalue weighted by Crippen LogP contribution is 2.29. The van der Waals surface area contributed by atoms with E-state index in [1.54, 1.807) is 0 Å². The molecule has 0 fully saturated rings. The number of hydrogen-bond acceptors (Lipinski definition) is 2. The third-order valence-electron chi connectivity index (χ3n) is 3.34. The van der Waals surface area contributed by atoms with Gasteiger partial charge in [0, 0.05) is 11.1 Å². The van der Waals surface area contributed by atoms with Crippen LogP contribution in [0.2, 0.25) is 0 Å². The van der Waals surface area contributed by atoms with Crippen LogP contribution in [0.15, 0.2) is 42.5 Å². The molecule has 90 valence electrons. The lowest BCUT2D eigenvalue weighted by Crippen LogP contribution is -2.02. The highest BCUT2D eigenvalue weighted by atomic mass is 16.5. The maximum absolute atomic E-state index is 12.4. The van der Waals surface area contributed by atoms with E-state index in [1.807, 2.05) is 42.5 Å². The maximum Gasteiger partial charge on any atom is 0.197 e. The number of ether oxygens (including phenoxy) is 1. The van der Waals surface area contributed by atoms with Crippen molar-refractivity contribution < 1.29 is 9.53 Å². The van der Waals surface area contributed by atoms with E-state index in [4.69, 9.17) is 4.74 Å². The van der Waals surface area contributed by atoms with Gasteiger partial charge in [0.1, 0.15) is 12.4 Å². The summed E-state index contributed by atoms with van der Waals surface area (Å²) in [6.07, 6.45) is 0.942. The van der Waals surface area contributed by atoms with Crippen molar-refractivity contribution in [1.82, 2.24) is 0 Å². The van der Waals surface area contributed by atoms with Crippen molar-refractivity contribution in [3.05, 3.63) is 64.7 Å². The Bertz CT molecular complexity index is 614. The summed E-state index contributed by atoms with van der Waals surface area (Å²) < 4.78 is 5.77. The molecule has 1 aliphatic heterocycles. The molecule has 0 unspecified atom stereocenters. The van der Waals surface area contributed by atoms with Crippen LogP contribution >= 0.6 is 0 Å². The van der Waals surface area contributed by atoms with Gasteiger partial charge < -0.3 is 4.74 Å². The number of carbonyl (C=O) groups excluding carboxylic acids is 1. The third kappa shape index (κ3) is 1.70. The summed E-state index contributed by atoms with van der Waals surface area (Å²) >= 11 is 0. The zero-order valence-corrected chi connectivity index (χ0v) is 10.3. The summed E-state index contributed by atoms with van der Waals surface area (Å²) in [5.74, 6) is 0.760. The van der Waals surface area contributed by atoms with Gasteiger partial charge >= 0.3 is 0 Å². The van der Waals surface area contributed by atoms with Gasteiger partial charge in [0.25, 0.3) is 0 Å². The van der Waals surface area contributed by atoms with Crippen molar-refractivity contribution in [2.45, 2.75) is 20.0 Å². The number of rotatable bonds is 1. The standard InChI is InChI=1S/C16H14O2/c1-2-11-7-8-14-15(9-11)18-10-12-5-3-4-6-13(12)16(14)17/h3-9H,2,10H2,1H3. The second-order valence-corrected chi connectivity index (χ2v) is 4.46. The number of benzene rings is 2. The van der Waals surface area contributed by atoms with Crippen LogP contribution in [0, 0.1) is 0 Å². The SMILES string of the molecule is CCc1ccc2c(c1)OCc1ccccc1C2=O. The summed E-state index contributed by atoms with van der Waals surface area (Å²) in [5.41, 5.74) is 3.56. The van der Waals surface area contributed by atoms with Crippen LogP contribution in [0.1, 0.15) is 34.0 Å². The van der Waals surface area contributed by atoms with Gasteiger partial charge in [0.2, 0.25) is 0 Å². The summed E-state index contributed by atoms with van der Waals surface area (Å²) in [5, 5.41) is 0. The van der Waals surface area contributed by atoms with Crippen LogP contribution in [0.4, 0.5) is 0 Å². The van der Waals surface area contributed by atoms with Crippen LogP contribution < -0.4 is 4.74 Å². The van der Waals surface area contributed by atoms with Gasteiger partial charge in [0.05, 0.1) is 5.56 Å². The molecule has 2 aromatic carbocycles. The second kappa shape index (κ2) is 4.30. The lowest BCUT2D eigenvalue weighted by Gasteiger charge is -2.07. The molecule has 18 heavy (non-hydrogen) atoms. The molecule has 1 heterocycles. The first kappa shape index (κ1) is 11.0. The predicted octanol–water partition coefficient (Wildman–Crippen LogP) is 3.37. The molecule has 2 heteroatoms. The number of ketones is 1. The number of fused-ring (bicyclic) bond motifs is 2. The van der Waals surface area contributed by atoms with E-state index in [0.29, 0.717) is 17.9 Å².